The predicted molar refractivity (Wildman–Crippen MR) is 118 cm³/mol. The number of aryl methyl sites for hydroxylation is 1. The number of fused-ring (bicyclic) bond motifs is 1. The molecule has 2 N–H and O–H groups in total. The van der Waals surface area contributed by atoms with E-state index in [1.165, 1.54) is 12.1 Å². The van der Waals surface area contributed by atoms with Gasteiger partial charge < -0.3 is 10.6 Å². The smallest absolute Gasteiger partial charge is 0.368 e. The van der Waals surface area contributed by atoms with Crippen LogP contribution < -0.4 is 10.6 Å². The number of halogens is 3. The van der Waals surface area contributed by atoms with Gasteiger partial charge in [0.2, 0.25) is 5.91 Å². The summed E-state index contributed by atoms with van der Waals surface area (Å²) < 4.78 is 37.9. The van der Waals surface area contributed by atoms with Crippen molar-refractivity contribution in [3.63, 3.8) is 0 Å². The fourth-order valence-corrected chi connectivity index (χ4v) is 3.38. The van der Waals surface area contributed by atoms with E-state index in [2.05, 4.69) is 29.5 Å². The van der Waals surface area contributed by atoms with Gasteiger partial charge in [0.1, 0.15) is 5.82 Å². The summed E-state index contributed by atoms with van der Waals surface area (Å²) in [5.41, 5.74) is 1.48. The first-order chi connectivity index (χ1) is 14.7. The summed E-state index contributed by atoms with van der Waals surface area (Å²) in [6.07, 6.45) is -1.64. The zero-order valence-electron chi connectivity index (χ0n) is 17.6. The zero-order valence-corrected chi connectivity index (χ0v) is 17.6. The molecule has 1 amide bonds. The topological polar surface area (TPSA) is 54.0 Å². The first-order valence-electron chi connectivity index (χ1n) is 10.4. The van der Waals surface area contributed by atoms with E-state index in [0.29, 0.717) is 23.7 Å². The van der Waals surface area contributed by atoms with Crippen LogP contribution in [0.2, 0.25) is 0 Å². The predicted octanol–water partition coefficient (Wildman–Crippen LogP) is 6.43. The van der Waals surface area contributed by atoms with Gasteiger partial charge in [-0.15, -0.1) is 0 Å². The van der Waals surface area contributed by atoms with E-state index in [4.69, 9.17) is 0 Å². The van der Waals surface area contributed by atoms with Crippen molar-refractivity contribution in [3.8, 4) is 0 Å². The zero-order chi connectivity index (χ0) is 22.4. The van der Waals surface area contributed by atoms with Crippen LogP contribution in [0.15, 0.2) is 54.6 Å². The Morgan fingerprint density at radius 1 is 1.06 bits per heavy atom. The molecule has 0 aliphatic carbocycles. The average molecular weight is 429 g/mol. The Balaban J connectivity index is 1.57. The summed E-state index contributed by atoms with van der Waals surface area (Å²) >= 11 is 0. The number of carbonyl (C=O) groups excluding carboxylic acids is 1. The maximum atomic E-state index is 12.6. The molecule has 1 heterocycles. The van der Waals surface area contributed by atoms with Gasteiger partial charge in [-0.1, -0.05) is 25.5 Å². The standard InChI is InChI=1S/C24H26F3N3O/c1-3-4-16(2)28-22-13-8-18-15-20(11-12-21(18)30-22)29-23(31)14-7-17-5-9-19(10-6-17)24(25,26)27/h5-6,8-13,15-16H,3-4,7,14H2,1-2H3,(H,28,30)(H,29,31). The third kappa shape index (κ3) is 6.44. The van der Waals surface area contributed by atoms with Gasteiger partial charge in [0.25, 0.3) is 0 Å². The van der Waals surface area contributed by atoms with Crippen LogP contribution in [0.1, 0.15) is 44.2 Å². The summed E-state index contributed by atoms with van der Waals surface area (Å²) in [7, 11) is 0. The second-order valence-electron chi connectivity index (χ2n) is 7.68. The SMILES string of the molecule is CCCC(C)Nc1ccc2cc(NC(=O)CCc3ccc(C(F)(F)F)cc3)ccc2n1. The minimum Gasteiger partial charge on any atom is -0.368 e. The third-order valence-corrected chi connectivity index (χ3v) is 5.01. The average Bonchev–Trinajstić information content (AvgIpc) is 2.72. The molecular formula is C24H26F3N3O. The van der Waals surface area contributed by atoms with Gasteiger partial charge in [-0.25, -0.2) is 4.98 Å². The van der Waals surface area contributed by atoms with Crippen molar-refractivity contribution in [1.29, 1.82) is 0 Å². The van der Waals surface area contributed by atoms with Crippen molar-refractivity contribution in [2.45, 2.75) is 51.7 Å². The molecule has 164 valence electrons. The van der Waals surface area contributed by atoms with Gasteiger partial charge in [-0.05, 0) is 67.8 Å². The first-order valence-corrected chi connectivity index (χ1v) is 10.4. The van der Waals surface area contributed by atoms with E-state index >= 15 is 0 Å². The maximum Gasteiger partial charge on any atom is 0.416 e. The van der Waals surface area contributed by atoms with Crippen molar-refractivity contribution in [2.75, 3.05) is 10.6 Å². The number of nitrogens with zero attached hydrogens (tertiary/aromatic N) is 1. The molecule has 1 atom stereocenters. The fourth-order valence-electron chi connectivity index (χ4n) is 3.38. The third-order valence-electron chi connectivity index (χ3n) is 5.01. The molecule has 0 radical (unpaired) electrons. The second-order valence-corrected chi connectivity index (χ2v) is 7.68. The summed E-state index contributed by atoms with van der Waals surface area (Å²) in [6.45, 7) is 4.27. The molecule has 0 saturated carbocycles. The highest BCUT2D eigenvalue weighted by atomic mass is 19.4. The Hall–Kier alpha value is -3.09. The molecule has 0 fully saturated rings. The van der Waals surface area contributed by atoms with Crippen LogP contribution in [0.25, 0.3) is 10.9 Å². The quantitative estimate of drug-likeness (QED) is 0.434. The minimum atomic E-state index is -4.36. The Bertz CT molecular complexity index is 1030. The van der Waals surface area contributed by atoms with Crippen LogP contribution in [0.5, 0.6) is 0 Å². The molecule has 4 nitrogen and oxygen atoms in total. The Morgan fingerprint density at radius 2 is 1.81 bits per heavy atom. The van der Waals surface area contributed by atoms with E-state index in [0.717, 1.165) is 41.7 Å². The highest BCUT2D eigenvalue weighted by Crippen LogP contribution is 2.29. The fraction of sp³-hybridized carbons (Fsp3) is 0.333. The van der Waals surface area contributed by atoms with Crippen LogP contribution in [0, 0.1) is 0 Å². The van der Waals surface area contributed by atoms with Crippen LogP contribution in [0.3, 0.4) is 0 Å². The van der Waals surface area contributed by atoms with Gasteiger partial charge in [0, 0.05) is 23.5 Å². The highest BCUT2D eigenvalue weighted by molar-refractivity contribution is 5.94. The van der Waals surface area contributed by atoms with E-state index in [1.807, 2.05) is 24.3 Å². The molecule has 7 heteroatoms. The number of hydrogen-bond donors (Lipinski definition) is 2. The number of nitrogens with one attached hydrogen (secondary N) is 2. The van der Waals surface area contributed by atoms with Gasteiger partial charge >= 0.3 is 6.18 Å². The molecule has 31 heavy (non-hydrogen) atoms. The molecule has 0 saturated heterocycles. The van der Waals surface area contributed by atoms with Crippen molar-refractivity contribution in [2.24, 2.45) is 0 Å². The van der Waals surface area contributed by atoms with E-state index in [9.17, 15) is 18.0 Å². The molecule has 0 aliphatic rings. The molecular weight excluding hydrogens is 403 g/mol. The summed E-state index contributed by atoms with van der Waals surface area (Å²) in [6, 6.07) is 14.6. The Kier molecular flexibility index (Phi) is 7.15. The molecule has 2 aromatic carbocycles. The maximum absolute atomic E-state index is 12.6. The van der Waals surface area contributed by atoms with Gasteiger partial charge in [0.15, 0.2) is 0 Å². The van der Waals surface area contributed by atoms with Gasteiger partial charge in [-0.3, -0.25) is 4.79 Å². The molecule has 0 aliphatic heterocycles. The lowest BCUT2D eigenvalue weighted by molar-refractivity contribution is -0.137. The van der Waals surface area contributed by atoms with Crippen molar-refractivity contribution >= 4 is 28.3 Å². The number of pyridine rings is 1. The molecule has 0 bridgehead atoms. The van der Waals surface area contributed by atoms with Gasteiger partial charge in [-0.2, -0.15) is 13.2 Å². The lowest BCUT2D eigenvalue weighted by Gasteiger charge is -2.14. The van der Waals surface area contributed by atoms with Crippen molar-refractivity contribution < 1.29 is 18.0 Å². The summed E-state index contributed by atoms with van der Waals surface area (Å²) in [4.78, 5) is 16.9. The van der Waals surface area contributed by atoms with Crippen LogP contribution in [0.4, 0.5) is 24.7 Å². The van der Waals surface area contributed by atoms with Crippen LogP contribution >= 0.6 is 0 Å². The van der Waals surface area contributed by atoms with E-state index < -0.39 is 11.7 Å². The summed E-state index contributed by atoms with van der Waals surface area (Å²) in [5, 5.41) is 7.13. The molecule has 3 rings (SSSR count). The van der Waals surface area contributed by atoms with Crippen molar-refractivity contribution in [1.82, 2.24) is 4.98 Å². The van der Waals surface area contributed by atoms with E-state index in [-0.39, 0.29) is 12.3 Å². The van der Waals surface area contributed by atoms with E-state index in [1.54, 1.807) is 6.07 Å². The summed E-state index contributed by atoms with van der Waals surface area (Å²) in [5.74, 6) is 0.626. The number of hydrogen-bond acceptors (Lipinski definition) is 3. The normalized spacial score (nSPS) is 12.5. The number of rotatable bonds is 8. The Labute approximate surface area is 179 Å². The highest BCUT2D eigenvalue weighted by Gasteiger charge is 2.29. The number of benzene rings is 2. The number of aromatic nitrogens is 1. The minimum absolute atomic E-state index is 0.180. The second kappa shape index (κ2) is 9.81. The largest absolute Gasteiger partial charge is 0.416 e. The molecule has 1 aromatic heterocycles. The van der Waals surface area contributed by atoms with Crippen LogP contribution in [-0.4, -0.2) is 16.9 Å². The molecule has 1 unspecified atom stereocenters. The number of anilines is 2. The Morgan fingerprint density at radius 3 is 2.48 bits per heavy atom. The van der Waals surface area contributed by atoms with Gasteiger partial charge in [0.05, 0.1) is 11.1 Å². The monoisotopic (exact) mass is 429 g/mol. The molecule has 3 aromatic rings. The lowest BCUT2D eigenvalue weighted by Crippen LogP contribution is -2.15. The number of alkyl halides is 3. The number of carbonyl (C=O) groups is 1. The molecule has 0 spiro atoms. The lowest BCUT2D eigenvalue weighted by atomic mass is 10.1. The van der Waals surface area contributed by atoms with Crippen LogP contribution in [-0.2, 0) is 17.4 Å². The number of amides is 1. The van der Waals surface area contributed by atoms with Crippen molar-refractivity contribution in [3.05, 3.63) is 65.7 Å². The first kappa shape index (κ1) is 22.6.